The summed E-state index contributed by atoms with van der Waals surface area (Å²) in [5.74, 6) is -0.333. The van der Waals surface area contributed by atoms with Gasteiger partial charge < -0.3 is 4.90 Å². The Hall–Kier alpha value is -2.35. The molecular formula is C22H22N2O3S2. The number of pyridine rings is 1. The lowest BCUT2D eigenvalue weighted by Gasteiger charge is -2.38. The van der Waals surface area contributed by atoms with E-state index in [9.17, 15) is 13.0 Å². The van der Waals surface area contributed by atoms with E-state index in [4.69, 9.17) is 4.98 Å². The van der Waals surface area contributed by atoms with Crippen LogP contribution in [0.5, 0.6) is 0 Å². The average molecular weight is 427 g/mol. The zero-order valence-electron chi connectivity index (χ0n) is 16.2. The second kappa shape index (κ2) is 7.82. The van der Waals surface area contributed by atoms with Gasteiger partial charge in [-0.25, -0.2) is 0 Å². The van der Waals surface area contributed by atoms with E-state index >= 15 is 0 Å². The van der Waals surface area contributed by atoms with E-state index in [2.05, 4.69) is 29.2 Å². The Kier molecular flexibility index (Phi) is 5.38. The van der Waals surface area contributed by atoms with Gasteiger partial charge in [0.1, 0.15) is 0 Å². The Morgan fingerprint density at radius 1 is 1.00 bits per heavy atom. The fraction of sp³-hybridized carbons (Fsp3) is 0.227. The summed E-state index contributed by atoms with van der Waals surface area (Å²) in [6.07, 6.45) is 0.224. The van der Waals surface area contributed by atoms with E-state index in [1.54, 1.807) is 11.8 Å². The minimum Gasteiger partial charge on any atom is -0.330 e. The lowest BCUT2D eigenvalue weighted by molar-refractivity contribution is 0.476. The largest absolute Gasteiger partial charge is 0.330 e. The topological polar surface area (TPSA) is 70.5 Å². The van der Waals surface area contributed by atoms with E-state index in [1.807, 2.05) is 50.2 Å². The van der Waals surface area contributed by atoms with Crippen molar-refractivity contribution < 1.29 is 13.0 Å². The standard InChI is InChI=1S/C22H22N2O3S2/c1-15-10-11-22-20(14-15)24(19-8-3-4-9-21(19)28-22)18(12-13-29(25,26)27)17-7-5-6-16(2)23-17/h3-11,14,18H,12-13H2,1-2H3,(H,25,26,27). The summed E-state index contributed by atoms with van der Waals surface area (Å²) in [4.78, 5) is 9.08. The quantitative estimate of drug-likeness (QED) is 0.557. The molecule has 5 nitrogen and oxygen atoms in total. The van der Waals surface area contributed by atoms with Gasteiger partial charge in [-0.3, -0.25) is 9.54 Å². The van der Waals surface area contributed by atoms with Gasteiger partial charge in [0.25, 0.3) is 10.1 Å². The Bertz CT molecular complexity index is 1160. The van der Waals surface area contributed by atoms with Crippen LogP contribution in [-0.2, 0) is 10.1 Å². The molecule has 1 atom stereocenters. The van der Waals surface area contributed by atoms with Gasteiger partial charge in [0.15, 0.2) is 0 Å². The molecule has 0 saturated heterocycles. The fourth-order valence-corrected chi connectivity index (χ4v) is 5.22. The third-order valence-electron chi connectivity index (χ3n) is 4.93. The van der Waals surface area contributed by atoms with Gasteiger partial charge in [0.05, 0.1) is 28.9 Å². The molecule has 29 heavy (non-hydrogen) atoms. The van der Waals surface area contributed by atoms with Crippen LogP contribution in [0.1, 0.15) is 29.4 Å². The van der Waals surface area contributed by atoms with E-state index in [-0.39, 0.29) is 18.2 Å². The summed E-state index contributed by atoms with van der Waals surface area (Å²) in [7, 11) is -4.10. The Labute approximate surface area is 175 Å². The highest BCUT2D eigenvalue weighted by atomic mass is 32.2. The number of para-hydroxylation sites is 1. The van der Waals surface area contributed by atoms with Crippen LogP contribution in [0.25, 0.3) is 0 Å². The maximum atomic E-state index is 11.6. The minimum absolute atomic E-state index is 0.224. The number of hydrogen-bond acceptors (Lipinski definition) is 5. The number of hydrogen-bond donors (Lipinski definition) is 1. The highest BCUT2D eigenvalue weighted by Crippen LogP contribution is 2.51. The molecule has 3 aromatic rings. The van der Waals surface area contributed by atoms with Crippen molar-refractivity contribution in [2.75, 3.05) is 10.7 Å². The normalized spacial score (nSPS) is 14.2. The summed E-state index contributed by atoms with van der Waals surface area (Å²) in [5, 5.41) is 0. The molecule has 0 fully saturated rings. The van der Waals surface area contributed by atoms with Crippen LogP contribution in [-0.4, -0.2) is 23.7 Å². The van der Waals surface area contributed by atoms with Crippen molar-refractivity contribution in [3.05, 3.63) is 77.6 Å². The van der Waals surface area contributed by atoms with E-state index in [1.165, 1.54) is 0 Å². The first-order valence-corrected chi connectivity index (χ1v) is 11.8. The first kappa shape index (κ1) is 19.9. The number of benzene rings is 2. The smallest absolute Gasteiger partial charge is 0.264 e. The first-order valence-electron chi connectivity index (χ1n) is 9.37. The van der Waals surface area contributed by atoms with Crippen LogP contribution in [0, 0.1) is 13.8 Å². The number of rotatable bonds is 5. The van der Waals surface area contributed by atoms with Crippen LogP contribution in [0.15, 0.2) is 70.5 Å². The molecule has 2 aromatic carbocycles. The molecule has 4 rings (SSSR count). The number of aryl methyl sites for hydroxylation is 2. The number of anilines is 2. The highest BCUT2D eigenvalue weighted by molar-refractivity contribution is 7.99. The van der Waals surface area contributed by atoms with Crippen molar-refractivity contribution in [3.8, 4) is 0 Å². The van der Waals surface area contributed by atoms with Gasteiger partial charge in [0, 0.05) is 15.5 Å². The Balaban J connectivity index is 1.90. The molecule has 0 radical (unpaired) electrons. The van der Waals surface area contributed by atoms with Crippen molar-refractivity contribution >= 4 is 33.3 Å². The predicted octanol–water partition coefficient (Wildman–Crippen LogP) is 5.32. The molecule has 0 amide bonds. The molecule has 0 spiro atoms. The monoisotopic (exact) mass is 426 g/mol. The van der Waals surface area contributed by atoms with Crippen molar-refractivity contribution in [2.24, 2.45) is 0 Å². The van der Waals surface area contributed by atoms with Gasteiger partial charge in [-0.15, -0.1) is 0 Å². The summed E-state index contributed by atoms with van der Waals surface area (Å²) in [5.41, 5.74) is 4.81. The Morgan fingerprint density at radius 3 is 2.52 bits per heavy atom. The summed E-state index contributed by atoms with van der Waals surface area (Å²) in [6, 6.07) is 19.8. The van der Waals surface area contributed by atoms with E-state index in [0.29, 0.717) is 0 Å². The lowest BCUT2D eigenvalue weighted by Crippen LogP contribution is -2.29. The molecule has 0 bridgehead atoms. The van der Waals surface area contributed by atoms with Crippen LogP contribution in [0.2, 0.25) is 0 Å². The van der Waals surface area contributed by atoms with Crippen LogP contribution in [0.4, 0.5) is 11.4 Å². The zero-order chi connectivity index (χ0) is 20.6. The molecule has 0 saturated carbocycles. The molecule has 1 aliphatic heterocycles. The van der Waals surface area contributed by atoms with Gasteiger partial charge in [-0.05, 0) is 62.2 Å². The molecule has 1 aromatic heterocycles. The van der Waals surface area contributed by atoms with E-state index in [0.717, 1.165) is 38.1 Å². The summed E-state index contributed by atoms with van der Waals surface area (Å²) < 4.78 is 32.6. The van der Waals surface area contributed by atoms with Crippen LogP contribution >= 0.6 is 11.8 Å². The highest BCUT2D eigenvalue weighted by Gasteiger charge is 2.31. The molecule has 1 unspecified atom stereocenters. The van der Waals surface area contributed by atoms with Crippen molar-refractivity contribution in [2.45, 2.75) is 36.1 Å². The van der Waals surface area contributed by atoms with Gasteiger partial charge in [0.2, 0.25) is 0 Å². The van der Waals surface area contributed by atoms with Crippen molar-refractivity contribution in [3.63, 3.8) is 0 Å². The van der Waals surface area contributed by atoms with Crippen LogP contribution in [0.3, 0.4) is 0 Å². The Morgan fingerprint density at radius 2 is 1.76 bits per heavy atom. The zero-order valence-corrected chi connectivity index (χ0v) is 17.9. The maximum Gasteiger partial charge on any atom is 0.264 e. The second-order valence-corrected chi connectivity index (χ2v) is 9.86. The molecule has 0 aliphatic carbocycles. The predicted molar refractivity (Wildman–Crippen MR) is 117 cm³/mol. The molecular weight excluding hydrogens is 404 g/mol. The molecule has 7 heteroatoms. The number of nitrogens with zero attached hydrogens (tertiary/aromatic N) is 2. The third kappa shape index (κ3) is 4.32. The number of fused-ring (bicyclic) bond motifs is 2. The maximum absolute atomic E-state index is 11.6. The van der Waals surface area contributed by atoms with Gasteiger partial charge in [-0.1, -0.05) is 36.0 Å². The van der Waals surface area contributed by atoms with E-state index < -0.39 is 10.1 Å². The molecule has 2 heterocycles. The molecule has 1 aliphatic rings. The average Bonchev–Trinajstić information content (AvgIpc) is 2.67. The minimum atomic E-state index is -4.10. The van der Waals surface area contributed by atoms with Crippen molar-refractivity contribution in [1.82, 2.24) is 4.98 Å². The second-order valence-electron chi connectivity index (χ2n) is 7.21. The molecule has 150 valence electrons. The van der Waals surface area contributed by atoms with Gasteiger partial charge in [-0.2, -0.15) is 8.42 Å². The summed E-state index contributed by atoms with van der Waals surface area (Å²) in [6.45, 7) is 3.96. The molecule has 1 N–H and O–H groups in total. The number of aromatic nitrogens is 1. The first-order chi connectivity index (χ1) is 13.8. The van der Waals surface area contributed by atoms with Crippen LogP contribution < -0.4 is 4.90 Å². The SMILES string of the molecule is Cc1ccc2c(c1)N(C(CCS(=O)(=O)O)c1cccc(C)n1)c1ccccc1S2. The third-order valence-corrected chi connectivity index (χ3v) is 6.81. The lowest BCUT2D eigenvalue weighted by atomic mass is 10.0. The van der Waals surface area contributed by atoms with Crippen molar-refractivity contribution in [1.29, 1.82) is 0 Å². The van der Waals surface area contributed by atoms with Gasteiger partial charge >= 0.3 is 0 Å². The fourth-order valence-electron chi connectivity index (χ4n) is 3.65. The summed E-state index contributed by atoms with van der Waals surface area (Å²) >= 11 is 1.70.